The monoisotopic (exact) mass is 573 g/mol. The van der Waals surface area contributed by atoms with Crippen molar-refractivity contribution in [2.75, 3.05) is 6.61 Å². The van der Waals surface area contributed by atoms with Crippen LogP contribution < -0.4 is 0 Å². The Morgan fingerprint density at radius 2 is 1.91 bits per heavy atom. The normalized spacial score (nSPS) is 14.8. The van der Waals surface area contributed by atoms with E-state index in [0.29, 0.717) is 9.37 Å². The van der Waals surface area contributed by atoms with Gasteiger partial charge >= 0.3 is 0 Å². The fraction of sp³-hybridized carbons (Fsp3) is 0.333. The third-order valence-corrected chi connectivity index (χ3v) is 6.36. The zero-order valence-corrected chi connectivity index (χ0v) is 20.4. The van der Waals surface area contributed by atoms with Crippen LogP contribution in [0.5, 0.6) is 0 Å². The SMILES string of the molecule is C[C@@H](O)C(CO)OC(Sc1cc(Br)cnc1C#N)[C@@H](O)Cn1cc(-c2cc(F)c(F)c(F)c2)nn1. The van der Waals surface area contributed by atoms with E-state index in [0.717, 1.165) is 23.9 Å². The number of aliphatic hydroxyl groups excluding tert-OH is 3. The number of hydrogen-bond donors (Lipinski definition) is 3. The fourth-order valence-corrected chi connectivity index (χ4v) is 4.48. The van der Waals surface area contributed by atoms with E-state index in [4.69, 9.17) is 4.74 Å². The highest BCUT2D eigenvalue weighted by molar-refractivity contribution is 9.10. The maximum absolute atomic E-state index is 13.6. The minimum Gasteiger partial charge on any atom is -0.394 e. The number of benzene rings is 1. The number of halogens is 4. The molecule has 0 saturated heterocycles. The van der Waals surface area contributed by atoms with Gasteiger partial charge in [-0.1, -0.05) is 17.0 Å². The summed E-state index contributed by atoms with van der Waals surface area (Å²) in [5.74, 6) is -4.38. The summed E-state index contributed by atoms with van der Waals surface area (Å²) in [6.45, 7) is 0.636. The summed E-state index contributed by atoms with van der Waals surface area (Å²) in [5, 5.41) is 47.3. The van der Waals surface area contributed by atoms with Crippen LogP contribution in [0.3, 0.4) is 0 Å². The van der Waals surface area contributed by atoms with E-state index in [1.165, 1.54) is 24.0 Å². The van der Waals surface area contributed by atoms with E-state index >= 15 is 0 Å². The third-order valence-electron chi connectivity index (χ3n) is 4.70. The molecule has 0 aliphatic heterocycles. The second kappa shape index (κ2) is 11.9. The van der Waals surface area contributed by atoms with E-state index in [1.807, 2.05) is 6.07 Å². The van der Waals surface area contributed by atoms with Gasteiger partial charge in [-0.25, -0.2) is 22.8 Å². The molecule has 0 saturated carbocycles. The Morgan fingerprint density at radius 1 is 1.23 bits per heavy atom. The van der Waals surface area contributed by atoms with Gasteiger partial charge in [0.2, 0.25) is 0 Å². The highest BCUT2D eigenvalue weighted by Crippen LogP contribution is 2.32. The quantitative estimate of drug-likeness (QED) is 0.190. The van der Waals surface area contributed by atoms with Crippen molar-refractivity contribution >= 4 is 27.7 Å². The van der Waals surface area contributed by atoms with Crippen molar-refractivity contribution in [1.29, 1.82) is 5.26 Å². The average molecular weight is 574 g/mol. The van der Waals surface area contributed by atoms with Crippen LogP contribution in [-0.4, -0.2) is 65.7 Å². The van der Waals surface area contributed by atoms with Crippen molar-refractivity contribution in [3.63, 3.8) is 0 Å². The molecule has 0 spiro atoms. The highest BCUT2D eigenvalue weighted by Gasteiger charge is 2.29. The van der Waals surface area contributed by atoms with E-state index in [9.17, 15) is 33.8 Å². The maximum Gasteiger partial charge on any atom is 0.194 e. The number of pyridine rings is 1. The van der Waals surface area contributed by atoms with Crippen LogP contribution >= 0.6 is 27.7 Å². The maximum atomic E-state index is 13.6. The van der Waals surface area contributed by atoms with E-state index < -0.39 is 47.8 Å². The van der Waals surface area contributed by atoms with Gasteiger partial charge < -0.3 is 20.1 Å². The van der Waals surface area contributed by atoms with Crippen molar-refractivity contribution in [2.24, 2.45) is 0 Å². The van der Waals surface area contributed by atoms with Crippen LogP contribution in [0.1, 0.15) is 12.6 Å². The van der Waals surface area contributed by atoms with Crippen LogP contribution in [-0.2, 0) is 11.3 Å². The topological polar surface area (TPSA) is 137 Å². The van der Waals surface area contributed by atoms with Crippen LogP contribution in [0, 0.1) is 28.8 Å². The van der Waals surface area contributed by atoms with Gasteiger partial charge in [0.05, 0.1) is 25.5 Å². The molecule has 14 heteroatoms. The van der Waals surface area contributed by atoms with E-state index in [-0.39, 0.29) is 23.5 Å². The first-order chi connectivity index (χ1) is 16.6. The molecule has 9 nitrogen and oxygen atoms in total. The average Bonchev–Trinajstić information content (AvgIpc) is 3.28. The van der Waals surface area contributed by atoms with Crippen LogP contribution in [0.2, 0.25) is 0 Å². The molecular weight excluding hydrogens is 555 g/mol. The van der Waals surface area contributed by atoms with E-state index in [1.54, 1.807) is 6.07 Å². The lowest BCUT2D eigenvalue weighted by atomic mass is 10.1. The minimum absolute atomic E-state index is 0.0280. The molecule has 2 aromatic heterocycles. The molecular formula is C21H19BrF3N5O4S. The van der Waals surface area contributed by atoms with Crippen molar-refractivity contribution < 1.29 is 33.2 Å². The molecule has 35 heavy (non-hydrogen) atoms. The van der Waals surface area contributed by atoms with Gasteiger partial charge in [0.15, 0.2) is 23.1 Å². The van der Waals surface area contributed by atoms with Gasteiger partial charge in [-0.15, -0.1) is 5.10 Å². The summed E-state index contributed by atoms with van der Waals surface area (Å²) in [4.78, 5) is 4.37. The Kier molecular flexibility index (Phi) is 9.22. The molecule has 4 atom stereocenters. The van der Waals surface area contributed by atoms with Gasteiger partial charge in [-0.3, -0.25) is 0 Å². The predicted molar refractivity (Wildman–Crippen MR) is 121 cm³/mol. The lowest BCUT2D eigenvalue weighted by Gasteiger charge is -2.28. The first-order valence-electron chi connectivity index (χ1n) is 10.0. The lowest BCUT2D eigenvalue weighted by molar-refractivity contribution is -0.0972. The molecule has 0 bridgehead atoms. The molecule has 1 aromatic carbocycles. The molecule has 186 valence electrons. The lowest BCUT2D eigenvalue weighted by Crippen LogP contribution is -2.39. The standard InChI is InChI=1S/C21H19BrF3N5O4S/c1-10(32)18(9-31)34-21(35-19-4-12(22)6-27-15(19)5-26)17(33)8-30-7-16(28-29-30)11-2-13(23)20(25)14(24)3-11/h2-4,6-7,10,17-18,21,31-33H,8-9H2,1H3/t10-,17+,18?,21?/m1/s1. The van der Waals surface area contributed by atoms with Crippen molar-refractivity contribution in [2.45, 2.75) is 42.1 Å². The number of aliphatic hydroxyl groups is 3. The molecule has 0 radical (unpaired) electrons. The smallest absolute Gasteiger partial charge is 0.194 e. The fourth-order valence-electron chi connectivity index (χ4n) is 2.90. The zero-order chi connectivity index (χ0) is 25.7. The Hall–Kier alpha value is -2.54. The summed E-state index contributed by atoms with van der Waals surface area (Å²) in [6.07, 6.45) is -0.734. The van der Waals surface area contributed by atoms with Gasteiger partial charge in [-0.2, -0.15) is 5.26 Å². The second-order valence-corrected chi connectivity index (χ2v) is 9.40. The van der Waals surface area contributed by atoms with Gasteiger partial charge in [0.1, 0.15) is 29.4 Å². The Balaban J connectivity index is 1.85. The van der Waals surface area contributed by atoms with Gasteiger partial charge in [-0.05, 0) is 41.1 Å². The van der Waals surface area contributed by atoms with Crippen molar-refractivity contribution in [3.8, 4) is 17.3 Å². The molecule has 0 aliphatic rings. The largest absolute Gasteiger partial charge is 0.394 e. The number of hydrogen-bond acceptors (Lipinski definition) is 9. The van der Waals surface area contributed by atoms with E-state index in [2.05, 4.69) is 31.2 Å². The molecule has 2 unspecified atom stereocenters. The number of thioether (sulfide) groups is 1. The van der Waals surface area contributed by atoms with Crippen LogP contribution in [0.15, 0.2) is 40.0 Å². The number of aromatic nitrogens is 4. The Morgan fingerprint density at radius 3 is 2.51 bits per heavy atom. The summed E-state index contributed by atoms with van der Waals surface area (Å²) in [5.41, 5.74) is -1.07. The highest BCUT2D eigenvalue weighted by atomic mass is 79.9. The summed E-state index contributed by atoms with van der Waals surface area (Å²) >= 11 is 4.21. The van der Waals surface area contributed by atoms with Crippen molar-refractivity contribution in [1.82, 2.24) is 20.0 Å². The van der Waals surface area contributed by atoms with Gasteiger partial charge in [0.25, 0.3) is 0 Å². The molecule has 3 rings (SSSR count). The summed E-state index contributed by atoms with van der Waals surface area (Å²) in [7, 11) is 0. The number of rotatable bonds is 10. The first-order valence-corrected chi connectivity index (χ1v) is 11.7. The van der Waals surface area contributed by atoms with Gasteiger partial charge in [0, 0.05) is 21.1 Å². The number of ether oxygens (including phenoxy) is 1. The first kappa shape index (κ1) is 27.1. The molecule has 3 N–H and O–H groups in total. The third kappa shape index (κ3) is 6.78. The number of nitrogens with zero attached hydrogens (tertiary/aromatic N) is 5. The zero-order valence-electron chi connectivity index (χ0n) is 18.0. The Labute approximate surface area is 210 Å². The molecule has 0 aliphatic carbocycles. The summed E-state index contributed by atoms with van der Waals surface area (Å²) < 4.78 is 47.8. The second-order valence-electron chi connectivity index (χ2n) is 7.34. The summed E-state index contributed by atoms with van der Waals surface area (Å²) in [6, 6.07) is 5.07. The van der Waals surface area contributed by atoms with Crippen molar-refractivity contribution in [3.05, 3.63) is 58.2 Å². The molecule has 2 heterocycles. The van der Waals surface area contributed by atoms with Crippen LogP contribution in [0.25, 0.3) is 11.3 Å². The minimum atomic E-state index is -1.61. The predicted octanol–water partition coefficient (Wildman–Crippen LogP) is 2.63. The van der Waals surface area contributed by atoms with Crippen LogP contribution in [0.4, 0.5) is 13.2 Å². The molecule has 0 fully saturated rings. The Bertz CT molecular complexity index is 1200. The number of nitriles is 1. The molecule has 3 aromatic rings. The molecule has 0 amide bonds.